The van der Waals surface area contributed by atoms with Crippen molar-refractivity contribution in [2.24, 2.45) is 0 Å². The number of anilines is 1. The lowest BCUT2D eigenvalue weighted by molar-refractivity contribution is 0.515. The van der Waals surface area contributed by atoms with Gasteiger partial charge >= 0.3 is 0 Å². The summed E-state index contributed by atoms with van der Waals surface area (Å²) in [6.45, 7) is 0. The molecule has 19 heavy (non-hydrogen) atoms. The van der Waals surface area contributed by atoms with Gasteiger partial charge in [-0.05, 0) is 17.7 Å². The standard InChI is InChI=1S/C12H10F2N2O2S/c13-11-7-6-10(12(14)15-11)16-19(17,18)8-9-4-2-1-3-5-9/h1-7,16H,8H2. The van der Waals surface area contributed by atoms with E-state index in [4.69, 9.17) is 0 Å². The van der Waals surface area contributed by atoms with Gasteiger partial charge in [-0.25, -0.2) is 8.42 Å². The molecule has 0 unspecified atom stereocenters. The van der Waals surface area contributed by atoms with Crippen molar-refractivity contribution in [1.82, 2.24) is 4.98 Å². The molecular formula is C12H10F2N2O2S. The summed E-state index contributed by atoms with van der Waals surface area (Å²) in [5.74, 6) is -2.51. The molecule has 0 bridgehead atoms. The first-order valence-electron chi connectivity index (χ1n) is 5.33. The summed E-state index contributed by atoms with van der Waals surface area (Å²) in [7, 11) is -3.78. The van der Waals surface area contributed by atoms with Crippen LogP contribution in [0.1, 0.15) is 5.56 Å². The van der Waals surface area contributed by atoms with Crippen molar-refractivity contribution in [3.8, 4) is 0 Å². The molecule has 0 fully saturated rings. The molecule has 0 atom stereocenters. The van der Waals surface area contributed by atoms with Crippen molar-refractivity contribution in [2.75, 3.05) is 4.72 Å². The van der Waals surface area contributed by atoms with Gasteiger partial charge in [-0.1, -0.05) is 30.3 Å². The smallest absolute Gasteiger partial charge is 0.239 e. The molecule has 2 rings (SSSR count). The summed E-state index contributed by atoms with van der Waals surface area (Å²) in [6, 6.07) is 10.3. The van der Waals surface area contributed by atoms with E-state index in [1.807, 2.05) is 4.72 Å². The van der Waals surface area contributed by atoms with E-state index in [0.29, 0.717) is 5.56 Å². The lowest BCUT2D eigenvalue weighted by atomic mass is 10.2. The number of benzene rings is 1. The van der Waals surface area contributed by atoms with E-state index in [1.54, 1.807) is 30.3 Å². The fourth-order valence-corrected chi connectivity index (χ4v) is 2.68. The molecule has 1 aromatic carbocycles. The highest BCUT2D eigenvalue weighted by atomic mass is 32.2. The first kappa shape index (κ1) is 13.4. The Morgan fingerprint density at radius 3 is 2.37 bits per heavy atom. The second-order valence-corrected chi connectivity index (χ2v) is 5.54. The van der Waals surface area contributed by atoms with Crippen LogP contribution in [-0.4, -0.2) is 13.4 Å². The minimum absolute atomic E-state index is 0.301. The molecule has 7 heteroatoms. The van der Waals surface area contributed by atoms with E-state index >= 15 is 0 Å². The highest BCUT2D eigenvalue weighted by Crippen LogP contribution is 2.15. The molecule has 0 spiro atoms. The molecule has 0 radical (unpaired) electrons. The van der Waals surface area contributed by atoms with E-state index < -0.39 is 21.9 Å². The second-order valence-electron chi connectivity index (χ2n) is 3.82. The van der Waals surface area contributed by atoms with Crippen LogP contribution in [-0.2, 0) is 15.8 Å². The van der Waals surface area contributed by atoms with Gasteiger partial charge in [-0.3, -0.25) is 4.72 Å². The monoisotopic (exact) mass is 284 g/mol. The maximum Gasteiger partial charge on any atom is 0.239 e. The van der Waals surface area contributed by atoms with E-state index in [1.165, 1.54) is 0 Å². The molecular weight excluding hydrogens is 274 g/mol. The van der Waals surface area contributed by atoms with Crippen molar-refractivity contribution < 1.29 is 17.2 Å². The number of aromatic nitrogens is 1. The van der Waals surface area contributed by atoms with E-state index in [0.717, 1.165) is 12.1 Å². The summed E-state index contributed by atoms with van der Waals surface area (Å²) in [6.07, 6.45) is 0. The van der Waals surface area contributed by atoms with Gasteiger partial charge in [0.1, 0.15) is 5.69 Å². The third kappa shape index (κ3) is 3.72. The van der Waals surface area contributed by atoms with Crippen molar-refractivity contribution in [1.29, 1.82) is 0 Å². The molecule has 1 N–H and O–H groups in total. The van der Waals surface area contributed by atoms with Gasteiger partial charge in [-0.2, -0.15) is 13.8 Å². The van der Waals surface area contributed by atoms with Gasteiger partial charge in [0.15, 0.2) is 0 Å². The van der Waals surface area contributed by atoms with Crippen LogP contribution in [0.15, 0.2) is 42.5 Å². The Morgan fingerprint density at radius 1 is 1.05 bits per heavy atom. The van der Waals surface area contributed by atoms with E-state index in [-0.39, 0.29) is 11.4 Å². The Bertz CT molecular complexity index is 675. The first-order valence-corrected chi connectivity index (χ1v) is 6.98. The zero-order chi connectivity index (χ0) is 13.9. The quantitative estimate of drug-likeness (QED) is 0.876. The normalized spacial score (nSPS) is 11.3. The van der Waals surface area contributed by atoms with Gasteiger partial charge < -0.3 is 0 Å². The molecule has 100 valence electrons. The van der Waals surface area contributed by atoms with Gasteiger partial charge in [0, 0.05) is 0 Å². The van der Waals surface area contributed by atoms with Crippen LogP contribution >= 0.6 is 0 Å². The predicted molar refractivity (Wildman–Crippen MR) is 66.8 cm³/mol. The lowest BCUT2D eigenvalue weighted by Crippen LogP contribution is -2.16. The highest BCUT2D eigenvalue weighted by Gasteiger charge is 2.15. The zero-order valence-corrected chi connectivity index (χ0v) is 10.5. The molecule has 0 aliphatic heterocycles. The summed E-state index contributed by atoms with van der Waals surface area (Å²) < 4.78 is 51.5. The number of nitrogens with zero attached hydrogens (tertiary/aromatic N) is 1. The van der Waals surface area contributed by atoms with Crippen LogP contribution in [0.5, 0.6) is 0 Å². The van der Waals surface area contributed by atoms with Crippen molar-refractivity contribution in [3.05, 3.63) is 59.9 Å². The number of pyridine rings is 1. The molecule has 0 saturated carbocycles. The second kappa shape index (κ2) is 5.31. The van der Waals surface area contributed by atoms with Crippen molar-refractivity contribution >= 4 is 15.7 Å². The van der Waals surface area contributed by atoms with Gasteiger partial charge in [0.2, 0.25) is 21.9 Å². The number of nitrogens with one attached hydrogen (secondary N) is 1. The Balaban J connectivity index is 2.17. The molecule has 1 heterocycles. The number of hydrogen-bond acceptors (Lipinski definition) is 3. The van der Waals surface area contributed by atoms with Gasteiger partial charge in [-0.15, -0.1) is 0 Å². The minimum atomic E-state index is -3.78. The minimum Gasteiger partial charge on any atom is -0.279 e. The molecule has 1 aromatic heterocycles. The third-order valence-electron chi connectivity index (χ3n) is 2.28. The van der Waals surface area contributed by atoms with Crippen LogP contribution in [0.3, 0.4) is 0 Å². The maximum atomic E-state index is 13.2. The molecule has 0 aliphatic rings. The fraction of sp³-hybridized carbons (Fsp3) is 0.0833. The Morgan fingerprint density at radius 2 is 1.74 bits per heavy atom. The Kier molecular flexibility index (Phi) is 3.75. The van der Waals surface area contributed by atoms with Crippen LogP contribution < -0.4 is 4.72 Å². The van der Waals surface area contributed by atoms with E-state index in [9.17, 15) is 17.2 Å². The molecule has 0 amide bonds. The summed E-state index contributed by atoms with van der Waals surface area (Å²) in [4.78, 5) is 2.90. The third-order valence-corrected chi connectivity index (χ3v) is 3.52. The SMILES string of the molecule is O=S(=O)(Cc1ccccc1)Nc1ccc(F)nc1F. The predicted octanol–water partition coefficient (Wildman–Crippen LogP) is 2.30. The number of halogens is 2. The molecule has 2 aromatic rings. The van der Waals surface area contributed by atoms with Crippen LogP contribution in [0.4, 0.5) is 14.5 Å². The largest absolute Gasteiger partial charge is 0.279 e. The Hall–Kier alpha value is -2.02. The van der Waals surface area contributed by atoms with Crippen LogP contribution in [0.25, 0.3) is 0 Å². The topological polar surface area (TPSA) is 59.1 Å². The van der Waals surface area contributed by atoms with Gasteiger partial charge in [0.25, 0.3) is 0 Å². The summed E-state index contributed by atoms with van der Waals surface area (Å²) in [5, 5.41) is 0. The number of hydrogen-bond donors (Lipinski definition) is 1. The van der Waals surface area contributed by atoms with Crippen LogP contribution in [0.2, 0.25) is 0 Å². The number of sulfonamides is 1. The fourth-order valence-electron chi connectivity index (χ4n) is 1.49. The first-order chi connectivity index (χ1) is 8.96. The summed E-state index contributed by atoms with van der Waals surface area (Å²) in [5.41, 5.74) is 0.183. The van der Waals surface area contributed by atoms with E-state index in [2.05, 4.69) is 4.98 Å². The molecule has 0 saturated heterocycles. The van der Waals surface area contributed by atoms with Crippen molar-refractivity contribution in [2.45, 2.75) is 5.75 Å². The van der Waals surface area contributed by atoms with Crippen molar-refractivity contribution in [3.63, 3.8) is 0 Å². The summed E-state index contributed by atoms with van der Waals surface area (Å²) >= 11 is 0. The van der Waals surface area contributed by atoms with Gasteiger partial charge in [0.05, 0.1) is 5.75 Å². The lowest BCUT2D eigenvalue weighted by Gasteiger charge is -2.08. The van der Waals surface area contributed by atoms with Crippen LogP contribution in [0, 0.1) is 11.9 Å². The molecule has 4 nitrogen and oxygen atoms in total. The Labute approximate surface area is 109 Å². The number of rotatable bonds is 4. The maximum absolute atomic E-state index is 13.2. The zero-order valence-electron chi connectivity index (χ0n) is 9.68. The molecule has 0 aliphatic carbocycles. The average molecular weight is 284 g/mol. The highest BCUT2D eigenvalue weighted by molar-refractivity contribution is 7.91. The average Bonchev–Trinajstić information content (AvgIpc) is 2.33.